The maximum Gasteiger partial charge on any atom is 0.412 e. The molecule has 0 spiro atoms. The summed E-state index contributed by atoms with van der Waals surface area (Å²) in [5.41, 5.74) is 1.72. The maximum absolute atomic E-state index is 12.7. The van der Waals surface area contributed by atoms with Gasteiger partial charge >= 0.3 is 6.09 Å². The van der Waals surface area contributed by atoms with Gasteiger partial charge < -0.3 is 14.2 Å². The first-order valence-electron chi connectivity index (χ1n) is 9.47. The van der Waals surface area contributed by atoms with Crippen LogP contribution < -0.4 is 0 Å². The highest BCUT2D eigenvalue weighted by Crippen LogP contribution is 2.48. The van der Waals surface area contributed by atoms with Gasteiger partial charge in [-0.1, -0.05) is 60.7 Å². The van der Waals surface area contributed by atoms with Gasteiger partial charge in [-0.15, -0.1) is 0 Å². The van der Waals surface area contributed by atoms with Crippen molar-refractivity contribution in [3.63, 3.8) is 0 Å². The third-order valence-electron chi connectivity index (χ3n) is 5.40. The number of rotatable bonds is 5. The van der Waals surface area contributed by atoms with Crippen molar-refractivity contribution in [3.05, 3.63) is 71.8 Å². The summed E-state index contributed by atoms with van der Waals surface area (Å²) in [5, 5.41) is 0. The second-order valence-electron chi connectivity index (χ2n) is 7.20. The van der Waals surface area contributed by atoms with Crippen molar-refractivity contribution in [2.75, 3.05) is 13.2 Å². The van der Waals surface area contributed by atoms with Gasteiger partial charge in [0.1, 0.15) is 5.60 Å². The molecule has 5 heteroatoms. The minimum atomic E-state index is -0.536. The molecule has 0 radical (unpaired) electrons. The number of hydrogen-bond acceptors (Lipinski definition) is 4. The molecule has 0 aromatic heterocycles. The van der Waals surface area contributed by atoms with Gasteiger partial charge in [-0.3, -0.25) is 4.90 Å². The van der Waals surface area contributed by atoms with E-state index in [2.05, 4.69) is 12.1 Å². The van der Waals surface area contributed by atoms with E-state index in [1.165, 1.54) is 5.56 Å². The molecule has 2 aromatic carbocycles. The molecule has 0 N–H and O–H groups in total. The lowest BCUT2D eigenvalue weighted by Gasteiger charge is -2.30. The van der Waals surface area contributed by atoms with E-state index in [0.717, 1.165) is 12.0 Å². The first kappa shape index (κ1) is 18.0. The molecule has 5 nitrogen and oxygen atoms in total. The molecular formula is C22H25NO4. The monoisotopic (exact) mass is 367 g/mol. The molecule has 27 heavy (non-hydrogen) atoms. The Hall–Kier alpha value is -2.37. The molecule has 0 bridgehead atoms. The number of carbonyl (C=O) groups is 1. The summed E-state index contributed by atoms with van der Waals surface area (Å²) in [4.78, 5) is 14.5. The SMILES string of the molecule is CCOC(=O)N1C([C@]2(C)O[C@H]2Cc2ccccc2)OC[C@H]1c1ccccc1. The van der Waals surface area contributed by atoms with Crippen LogP contribution >= 0.6 is 0 Å². The molecule has 2 aromatic rings. The van der Waals surface area contributed by atoms with Crippen LogP contribution in [-0.4, -0.2) is 42.1 Å². The van der Waals surface area contributed by atoms with Gasteiger partial charge in [0.15, 0.2) is 6.23 Å². The minimum Gasteiger partial charge on any atom is -0.450 e. The number of hydrogen-bond donors (Lipinski definition) is 0. The second-order valence-corrected chi connectivity index (χ2v) is 7.20. The predicted octanol–water partition coefficient (Wildman–Crippen LogP) is 3.94. The minimum absolute atomic E-state index is 0.0105. The molecule has 2 saturated heterocycles. The summed E-state index contributed by atoms with van der Waals surface area (Å²) in [5.74, 6) is 0. The summed E-state index contributed by atoms with van der Waals surface area (Å²) >= 11 is 0. The van der Waals surface area contributed by atoms with Crippen molar-refractivity contribution in [1.82, 2.24) is 4.90 Å². The average molecular weight is 367 g/mol. The number of ether oxygens (including phenoxy) is 3. The Morgan fingerprint density at radius 1 is 1.15 bits per heavy atom. The number of benzene rings is 2. The van der Waals surface area contributed by atoms with Gasteiger partial charge in [0.2, 0.25) is 0 Å². The van der Waals surface area contributed by atoms with Gasteiger partial charge in [-0.05, 0) is 25.0 Å². The average Bonchev–Trinajstić information content (AvgIpc) is 3.14. The molecule has 0 aliphatic carbocycles. The molecule has 4 atom stereocenters. The third-order valence-corrected chi connectivity index (χ3v) is 5.40. The van der Waals surface area contributed by atoms with Gasteiger partial charge in [-0.2, -0.15) is 0 Å². The Morgan fingerprint density at radius 3 is 2.48 bits per heavy atom. The van der Waals surface area contributed by atoms with E-state index in [4.69, 9.17) is 14.2 Å². The van der Waals surface area contributed by atoms with Gasteiger partial charge in [-0.25, -0.2) is 4.79 Å². The zero-order valence-corrected chi connectivity index (χ0v) is 15.7. The van der Waals surface area contributed by atoms with E-state index >= 15 is 0 Å². The number of epoxide rings is 1. The van der Waals surface area contributed by atoms with Crippen molar-refractivity contribution in [1.29, 1.82) is 0 Å². The third kappa shape index (κ3) is 3.45. The van der Waals surface area contributed by atoms with Gasteiger partial charge in [0, 0.05) is 6.42 Å². The van der Waals surface area contributed by atoms with Crippen molar-refractivity contribution in [3.8, 4) is 0 Å². The number of nitrogens with zero attached hydrogens (tertiary/aromatic N) is 1. The van der Waals surface area contributed by atoms with Crippen LogP contribution in [0.3, 0.4) is 0 Å². The summed E-state index contributed by atoms with van der Waals surface area (Å²) in [6, 6.07) is 20.0. The lowest BCUT2D eigenvalue weighted by atomic mass is 9.98. The topological polar surface area (TPSA) is 51.3 Å². The molecule has 2 aliphatic rings. The first-order chi connectivity index (χ1) is 13.1. The maximum atomic E-state index is 12.7. The largest absolute Gasteiger partial charge is 0.450 e. The molecule has 2 aliphatic heterocycles. The van der Waals surface area contributed by atoms with E-state index < -0.39 is 11.8 Å². The second kappa shape index (κ2) is 7.33. The van der Waals surface area contributed by atoms with Crippen LogP contribution in [0.5, 0.6) is 0 Å². The fraction of sp³-hybridized carbons (Fsp3) is 0.409. The Morgan fingerprint density at radius 2 is 1.81 bits per heavy atom. The van der Waals surface area contributed by atoms with E-state index in [9.17, 15) is 4.79 Å². The Bertz CT molecular complexity index is 781. The Labute approximate surface area is 159 Å². The molecule has 4 rings (SSSR count). The molecule has 142 valence electrons. The number of carbonyl (C=O) groups excluding carboxylic acids is 1. The highest BCUT2D eigenvalue weighted by atomic mass is 16.7. The van der Waals surface area contributed by atoms with Crippen molar-refractivity contribution >= 4 is 6.09 Å². The van der Waals surface area contributed by atoms with Crippen LogP contribution in [0.2, 0.25) is 0 Å². The number of amides is 1. The van der Waals surface area contributed by atoms with Crippen LogP contribution in [0.25, 0.3) is 0 Å². The van der Waals surface area contributed by atoms with Crippen LogP contribution in [-0.2, 0) is 20.6 Å². The summed E-state index contributed by atoms with van der Waals surface area (Å²) in [6.07, 6.45) is -0.0139. The van der Waals surface area contributed by atoms with Crippen LogP contribution in [0.15, 0.2) is 60.7 Å². The van der Waals surface area contributed by atoms with E-state index in [0.29, 0.717) is 13.2 Å². The van der Waals surface area contributed by atoms with Crippen LogP contribution in [0.1, 0.15) is 31.0 Å². The molecule has 2 heterocycles. The van der Waals surface area contributed by atoms with Crippen LogP contribution in [0.4, 0.5) is 4.79 Å². The lowest BCUT2D eigenvalue weighted by molar-refractivity contribution is -0.0243. The Balaban J connectivity index is 1.55. The molecule has 0 saturated carbocycles. The smallest absolute Gasteiger partial charge is 0.412 e. The zero-order valence-electron chi connectivity index (χ0n) is 15.7. The highest BCUT2D eigenvalue weighted by molar-refractivity contribution is 5.69. The van der Waals surface area contributed by atoms with E-state index in [1.807, 2.05) is 62.4 Å². The quantitative estimate of drug-likeness (QED) is 0.751. The normalized spacial score (nSPS) is 29.6. The molecule has 1 amide bonds. The van der Waals surface area contributed by atoms with E-state index in [1.54, 1.807) is 4.90 Å². The first-order valence-corrected chi connectivity index (χ1v) is 9.47. The summed E-state index contributed by atoms with van der Waals surface area (Å²) in [6.45, 7) is 4.60. The molecule has 2 fully saturated rings. The lowest BCUT2D eigenvalue weighted by Crippen LogP contribution is -2.46. The van der Waals surface area contributed by atoms with Gasteiger partial charge in [0.05, 0.1) is 25.4 Å². The van der Waals surface area contributed by atoms with Crippen LogP contribution in [0, 0.1) is 0 Å². The van der Waals surface area contributed by atoms with Gasteiger partial charge in [0.25, 0.3) is 0 Å². The predicted molar refractivity (Wildman–Crippen MR) is 101 cm³/mol. The zero-order chi connectivity index (χ0) is 18.9. The Kier molecular flexibility index (Phi) is 4.89. The molecule has 1 unspecified atom stereocenters. The fourth-order valence-electron chi connectivity index (χ4n) is 3.86. The summed E-state index contributed by atoms with van der Waals surface area (Å²) in [7, 11) is 0. The summed E-state index contributed by atoms with van der Waals surface area (Å²) < 4.78 is 17.5. The molecular weight excluding hydrogens is 342 g/mol. The fourth-order valence-corrected chi connectivity index (χ4v) is 3.86. The van der Waals surface area contributed by atoms with E-state index in [-0.39, 0.29) is 18.2 Å². The van der Waals surface area contributed by atoms with Crippen molar-refractivity contribution in [2.24, 2.45) is 0 Å². The highest BCUT2D eigenvalue weighted by Gasteiger charge is 2.63. The standard InChI is InChI=1S/C22H25NO4/c1-3-25-21(24)23-18(17-12-8-5-9-13-17)15-26-20(23)22(2)19(27-22)14-16-10-6-4-7-11-16/h4-13,18-20H,3,14-15H2,1-2H3/t18-,19-,20?,22+/m0/s1. The van der Waals surface area contributed by atoms with Crippen molar-refractivity contribution in [2.45, 2.75) is 44.2 Å². The van der Waals surface area contributed by atoms with Crippen molar-refractivity contribution < 1.29 is 19.0 Å².